The van der Waals surface area contributed by atoms with E-state index in [4.69, 9.17) is 0 Å². The minimum absolute atomic E-state index is 0.690. The summed E-state index contributed by atoms with van der Waals surface area (Å²) >= 11 is 0. The number of unbranched alkanes of at least 4 members (excludes halogenated alkanes) is 1. The van der Waals surface area contributed by atoms with Gasteiger partial charge < -0.3 is 10.1 Å². The average Bonchev–Trinajstić information content (AvgIpc) is 2.39. The van der Waals surface area contributed by atoms with Gasteiger partial charge in [0, 0.05) is 5.69 Å². The van der Waals surface area contributed by atoms with E-state index in [1.54, 1.807) is 0 Å². The molecule has 19 heavy (non-hydrogen) atoms. The van der Waals surface area contributed by atoms with Crippen LogP contribution in [0.2, 0.25) is 0 Å². The molecule has 0 aliphatic heterocycles. The lowest BCUT2D eigenvalue weighted by Crippen LogP contribution is -2.24. The molecule has 0 atom stereocenters. The van der Waals surface area contributed by atoms with Crippen LogP contribution in [0.5, 0.6) is 0 Å². The third-order valence-corrected chi connectivity index (χ3v) is 3.02. The molecular weight excluding hydrogens is 242 g/mol. The zero-order valence-electron chi connectivity index (χ0n) is 12.0. The number of aryl methyl sites for hydroxylation is 3. The van der Waals surface area contributed by atoms with Crippen molar-refractivity contribution in [3.63, 3.8) is 0 Å². The molecule has 0 heterocycles. The van der Waals surface area contributed by atoms with Gasteiger partial charge in [0.2, 0.25) is 0 Å². The minimum Gasteiger partial charge on any atom is -0.462 e. The third kappa shape index (κ3) is 4.09. The second-order valence-corrected chi connectivity index (χ2v) is 4.65. The van der Waals surface area contributed by atoms with Crippen LogP contribution in [0.4, 0.5) is 5.69 Å². The predicted molar refractivity (Wildman–Crippen MR) is 75.2 cm³/mol. The Labute approximate surface area is 114 Å². The van der Waals surface area contributed by atoms with Gasteiger partial charge in [-0.1, -0.05) is 25.5 Å². The topological polar surface area (TPSA) is 55.4 Å². The third-order valence-electron chi connectivity index (χ3n) is 3.02. The molecular formula is C15H21NO3. The molecule has 4 heteroatoms. The van der Waals surface area contributed by atoms with E-state index in [2.05, 4.69) is 29.1 Å². The van der Waals surface area contributed by atoms with Crippen molar-refractivity contribution in [3.05, 3.63) is 28.8 Å². The molecule has 0 aliphatic rings. The number of amides is 1. The highest BCUT2D eigenvalue weighted by Crippen LogP contribution is 2.23. The molecule has 1 rings (SSSR count). The van der Waals surface area contributed by atoms with E-state index in [0.717, 1.165) is 30.4 Å². The Bertz CT molecular complexity index is 457. The smallest absolute Gasteiger partial charge is 0.396 e. The maximum Gasteiger partial charge on any atom is 0.396 e. The second kappa shape index (κ2) is 6.92. The minimum atomic E-state index is -0.881. The van der Waals surface area contributed by atoms with Crippen molar-refractivity contribution < 1.29 is 14.3 Å². The van der Waals surface area contributed by atoms with Crippen molar-refractivity contribution in [2.24, 2.45) is 0 Å². The number of hydrogen-bond donors (Lipinski definition) is 1. The Morgan fingerprint density at radius 1 is 1.21 bits per heavy atom. The molecule has 0 aliphatic carbocycles. The molecule has 104 valence electrons. The van der Waals surface area contributed by atoms with Crippen LogP contribution >= 0.6 is 0 Å². The summed E-state index contributed by atoms with van der Waals surface area (Å²) in [7, 11) is 1.19. The number of methoxy groups -OCH3 is 1. The van der Waals surface area contributed by atoms with Crippen LogP contribution in [0.3, 0.4) is 0 Å². The fourth-order valence-corrected chi connectivity index (χ4v) is 2.03. The first-order valence-corrected chi connectivity index (χ1v) is 6.49. The zero-order chi connectivity index (χ0) is 14.4. The summed E-state index contributed by atoms with van der Waals surface area (Å²) in [5, 5.41) is 2.60. The lowest BCUT2D eigenvalue weighted by Gasteiger charge is -2.13. The highest BCUT2D eigenvalue weighted by molar-refractivity contribution is 6.37. The lowest BCUT2D eigenvalue weighted by atomic mass is 10.0. The van der Waals surface area contributed by atoms with E-state index < -0.39 is 11.9 Å². The number of hydrogen-bond acceptors (Lipinski definition) is 3. The van der Waals surface area contributed by atoms with Crippen molar-refractivity contribution >= 4 is 17.6 Å². The normalized spacial score (nSPS) is 10.1. The fourth-order valence-electron chi connectivity index (χ4n) is 2.03. The number of esters is 1. The molecule has 4 nitrogen and oxygen atoms in total. The predicted octanol–water partition coefficient (Wildman–Crippen LogP) is 2.76. The van der Waals surface area contributed by atoms with Gasteiger partial charge in [0.05, 0.1) is 7.11 Å². The number of rotatable bonds is 4. The molecule has 1 N–H and O–H groups in total. The maximum absolute atomic E-state index is 11.5. The van der Waals surface area contributed by atoms with Gasteiger partial charge in [0.15, 0.2) is 0 Å². The summed E-state index contributed by atoms with van der Waals surface area (Å²) in [6.07, 6.45) is 3.33. The largest absolute Gasteiger partial charge is 0.462 e. The van der Waals surface area contributed by atoms with E-state index in [1.807, 2.05) is 13.8 Å². The monoisotopic (exact) mass is 263 g/mol. The van der Waals surface area contributed by atoms with Gasteiger partial charge in [-0.15, -0.1) is 0 Å². The number of anilines is 1. The van der Waals surface area contributed by atoms with Crippen LogP contribution < -0.4 is 5.32 Å². The van der Waals surface area contributed by atoms with E-state index >= 15 is 0 Å². The molecule has 1 aromatic rings. The van der Waals surface area contributed by atoms with Crippen LogP contribution in [-0.2, 0) is 20.7 Å². The maximum atomic E-state index is 11.5. The Hall–Kier alpha value is -1.84. The first-order chi connectivity index (χ1) is 8.99. The molecule has 1 amide bonds. The summed E-state index contributed by atoms with van der Waals surface area (Å²) in [5.41, 5.74) is 3.87. The summed E-state index contributed by atoms with van der Waals surface area (Å²) in [4.78, 5) is 22.6. The first kappa shape index (κ1) is 15.2. The molecule has 0 fully saturated rings. The van der Waals surface area contributed by atoms with Crippen LogP contribution in [-0.4, -0.2) is 19.0 Å². The number of carbonyl (C=O) groups is 2. The zero-order valence-corrected chi connectivity index (χ0v) is 12.0. The highest BCUT2D eigenvalue weighted by Gasteiger charge is 2.16. The summed E-state index contributed by atoms with van der Waals surface area (Å²) < 4.78 is 4.39. The Morgan fingerprint density at radius 2 is 1.79 bits per heavy atom. The van der Waals surface area contributed by atoms with Crippen LogP contribution in [0.25, 0.3) is 0 Å². The number of nitrogens with one attached hydrogen (secondary N) is 1. The van der Waals surface area contributed by atoms with E-state index in [1.165, 1.54) is 12.7 Å². The van der Waals surface area contributed by atoms with Crippen LogP contribution in [0, 0.1) is 13.8 Å². The van der Waals surface area contributed by atoms with Gasteiger partial charge in [-0.3, -0.25) is 4.79 Å². The van der Waals surface area contributed by atoms with Crippen LogP contribution in [0.1, 0.15) is 36.5 Å². The number of ether oxygens (including phenoxy) is 1. The number of benzene rings is 1. The molecule has 0 saturated carbocycles. The van der Waals surface area contributed by atoms with Crippen molar-refractivity contribution in [1.82, 2.24) is 0 Å². The van der Waals surface area contributed by atoms with Crippen molar-refractivity contribution in [2.75, 3.05) is 12.4 Å². The Morgan fingerprint density at radius 3 is 2.26 bits per heavy atom. The van der Waals surface area contributed by atoms with Crippen molar-refractivity contribution in [1.29, 1.82) is 0 Å². The van der Waals surface area contributed by atoms with Crippen LogP contribution in [0.15, 0.2) is 12.1 Å². The summed E-state index contributed by atoms with van der Waals surface area (Å²) in [6.45, 7) is 6.01. The lowest BCUT2D eigenvalue weighted by molar-refractivity contribution is -0.150. The molecule has 0 unspecified atom stereocenters. The van der Waals surface area contributed by atoms with Gasteiger partial charge >= 0.3 is 11.9 Å². The van der Waals surface area contributed by atoms with Gasteiger partial charge in [-0.05, 0) is 43.4 Å². The molecule has 0 aromatic heterocycles. The Balaban J connectivity index is 2.91. The van der Waals surface area contributed by atoms with E-state index in [9.17, 15) is 9.59 Å². The Kier molecular flexibility index (Phi) is 5.55. The molecule has 0 saturated heterocycles. The molecule has 0 radical (unpaired) electrons. The van der Waals surface area contributed by atoms with Gasteiger partial charge in [-0.2, -0.15) is 0 Å². The van der Waals surface area contributed by atoms with Gasteiger partial charge in [-0.25, -0.2) is 4.79 Å². The quantitative estimate of drug-likeness (QED) is 0.671. The van der Waals surface area contributed by atoms with Crippen molar-refractivity contribution in [3.8, 4) is 0 Å². The SMILES string of the molecule is CCCCc1cc(C)c(NC(=O)C(=O)OC)c(C)c1. The summed E-state index contributed by atoms with van der Waals surface area (Å²) in [6, 6.07) is 4.10. The number of carbonyl (C=O) groups excluding carboxylic acids is 2. The molecule has 1 aromatic carbocycles. The molecule has 0 bridgehead atoms. The van der Waals surface area contributed by atoms with Crippen molar-refractivity contribution in [2.45, 2.75) is 40.0 Å². The highest BCUT2D eigenvalue weighted by atomic mass is 16.5. The second-order valence-electron chi connectivity index (χ2n) is 4.65. The summed E-state index contributed by atoms with van der Waals surface area (Å²) in [5.74, 6) is -1.62. The molecule has 0 spiro atoms. The average molecular weight is 263 g/mol. The van der Waals surface area contributed by atoms with Gasteiger partial charge in [0.25, 0.3) is 0 Å². The standard InChI is InChI=1S/C15H21NO3/c1-5-6-7-12-8-10(2)13(11(3)9-12)16-14(17)15(18)19-4/h8-9H,5-7H2,1-4H3,(H,16,17). The fraction of sp³-hybridized carbons (Fsp3) is 0.467. The first-order valence-electron chi connectivity index (χ1n) is 6.49. The van der Waals surface area contributed by atoms with E-state index in [-0.39, 0.29) is 0 Å². The van der Waals surface area contributed by atoms with E-state index in [0.29, 0.717) is 5.69 Å². The van der Waals surface area contributed by atoms with Gasteiger partial charge in [0.1, 0.15) is 0 Å².